The monoisotopic (exact) mass is 163 g/mol. The van der Waals surface area contributed by atoms with Gasteiger partial charge in [-0.1, -0.05) is 0 Å². The Morgan fingerprint density at radius 2 is 2.00 bits per heavy atom. The van der Waals surface area contributed by atoms with Crippen molar-refractivity contribution >= 4 is 12.4 Å². The lowest BCUT2D eigenvalue weighted by Crippen LogP contribution is -2.41. The normalized spacial score (nSPS) is 35.1. The Kier molecular flexibility index (Phi) is 2.23. The van der Waals surface area contributed by atoms with Gasteiger partial charge in [0, 0.05) is 6.54 Å². The summed E-state index contributed by atoms with van der Waals surface area (Å²) in [5.41, 5.74) is 0.380. The molecule has 0 amide bonds. The molecule has 10 heavy (non-hydrogen) atoms. The van der Waals surface area contributed by atoms with Crippen molar-refractivity contribution in [2.24, 2.45) is 5.41 Å². The van der Waals surface area contributed by atoms with Gasteiger partial charge in [0.15, 0.2) is 0 Å². The first-order valence-corrected chi connectivity index (χ1v) is 3.72. The van der Waals surface area contributed by atoms with Crippen LogP contribution < -0.4 is 5.32 Å². The predicted molar refractivity (Wildman–Crippen MR) is 42.4 cm³/mol. The molecular weight excluding hydrogens is 150 g/mol. The fraction of sp³-hybridized carbons (Fsp3) is 1.00. The molecule has 2 N–H and O–H groups in total. The van der Waals surface area contributed by atoms with Crippen LogP contribution in [0.2, 0.25) is 0 Å². The van der Waals surface area contributed by atoms with Crippen LogP contribution in [0, 0.1) is 5.41 Å². The predicted octanol–water partition coefficient (Wildman–Crippen LogP) is 0.543. The third-order valence-electron chi connectivity index (χ3n) is 2.74. The zero-order valence-corrected chi connectivity index (χ0v) is 6.78. The van der Waals surface area contributed by atoms with Gasteiger partial charge in [-0.25, -0.2) is 0 Å². The maximum absolute atomic E-state index is 9.44. The molecule has 2 aliphatic rings. The van der Waals surface area contributed by atoms with Gasteiger partial charge >= 0.3 is 0 Å². The summed E-state index contributed by atoms with van der Waals surface area (Å²) in [7, 11) is 0. The molecule has 1 heterocycles. The molecule has 1 saturated carbocycles. The summed E-state index contributed by atoms with van der Waals surface area (Å²) in [6, 6.07) is 0. The number of aliphatic hydroxyl groups excluding tert-OH is 1. The van der Waals surface area contributed by atoms with Gasteiger partial charge in [-0.2, -0.15) is 0 Å². The summed E-state index contributed by atoms with van der Waals surface area (Å²) < 4.78 is 0. The highest BCUT2D eigenvalue weighted by Gasteiger charge is 2.49. The zero-order valence-electron chi connectivity index (χ0n) is 5.97. The van der Waals surface area contributed by atoms with Gasteiger partial charge < -0.3 is 10.4 Å². The van der Waals surface area contributed by atoms with Gasteiger partial charge in [0.1, 0.15) is 0 Å². The molecule has 0 aromatic carbocycles. The Hall–Kier alpha value is 0.210. The molecule has 2 fully saturated rings. The molecule has 60 valence electrons. The van der Waals surface area contributed by atoms with Gasteiger partial charge in [-0.3, -0.25) is 0 Å². The van der Waals surface area contributed by atoms with E-state index in [2.05, 4.69) is 5.32 Å². The molecule has 1 saturated heterocycles. The Labute approximate surface area is 67.4 Å². The van der Waals surface area contributed by atoms with E-state index in [4.69, 9.17) is 0 Å². The molecule has 1 aliphatic heterocycles. The fourth-order valence-electron chi connectivity index (χ4n) is 1.70. The molecule has 0 aromatic rings. The van der Waals surface area contributed by atoms with Crippen molar-refractivity contribution < 1.29 is 5.11 Å². The van der Waals surface area contributed by atoms with Crippen molar-refractivity contribution in [2.45, 2.75) is 25.4 Å². The number of aliphatic hydroxyl groups is 1. The van der Waals surface area contributed by atoms with Crippen LogP contribution in [0.5, 0.6) is 0 Å². The quantitative estimate of drug-likeness (QED) is 0.547. The van der Waals surface area contributed by atoms with Crippen LogP contribution in [-0.4, -0.2) is 24.3 Å². The molecule has 3 heteroatoms. The largest absolute Gasteiger partial charge is 0.391 e. The molecule has 0 aromatic heterocycles. The zero-order chi connectivity index (χ0) is 6.32. The first-order valence-electron chi connectivity index (χ1n) is 3.72. The van der Waals surface area contributed by atoms with Gasteiger partial charge in [-0.15, -0.1) is 12.4 Å². The van der Waals surface area contributed by atoms with Gasteiger partial charge in [0.2, 0.25) is 0 Å². The number of hydrogen-bond donors (Lipinski definition) is 2. The van der Waals surface area contributed by atoms with E-state index in [1.165, 1.54) is 19.3 Å². The van der Waals surface area contributed by atoms with Gasteiger partial charge in [0.25, 0.3) is 0 Å². The van der Waals surface area contributed by atoms with E-state index in [9.17, 15) is 5.11 Å². The molecule has 1 spiro atoms. The Morgan fingerprint density at radius 3 is 2.40 bits per heavy atom. The van der Waals surface area contributed by atoms with Crippen LogP contribution >= 0.6 is 12.4 Å². The summed E-state index contributed by atoms with van der Waals surface area (Å²) in [4.78, 5) is 0. The highest BCUT2D eigenvalue weighted by Crippen LogP contribution is 2.52. The maximum atomic E-state index is 9.44. The molecule has 1 unspecified atom stereocenters. The van der Waals surface area contributed by atoms with Crippen LogP contribution in [-0.2, 0) is 0 Å². The minimum atomic E-state index is -0.0498. The Balaban J connectivity index is 0.000000500. The SMILES string of the molecule is Cl.OC1CNCCC12CC2. The maximum Gasteiger partial charge on any atom is 0.0721 e. The van der Waals surface area contributed by atoms with E-state index in [-0.39, 0.29) is 18.5 Å². The Morgan fingerprint density at radius 1 is 1.30 bits per heavy atom. The standard InChI is InChI=1S/C7H13NO.ClH/c9-6-5-8-4-3-7(6)1-2-7;/h6,8-9H,1-5H2;1H. The van der Waals surface area contributed by atoms with E-state index in [0.717, 1.165) is 13.1 Å². The van der Waals surface area contributed by atoms with Crippen LogP contribution in [0.15, 0.2) is 0 Å². The van der Waals surface area contributed by atoms with Crippen LogP contribution in [0.1, 0.15) is 19.3 Å². The van der Waals surface area contributed by atoms with E-state index in [0.29, 0.717) is 5.41 Å². The number of halogens is 1. The highest BCUT2D eigenvalue weighted by molar-refractivity contribution is 5.85. The summed E-state index contributed by atoms with van der Waals surface area (Å²) in [6.45, 7) is 1.93. The second-order valence-corrected chi connectivity index (χ2v) is 3.33. The van der Waals surface area contributed by atoms with E-state index in [1.807, 2.05) is 0 Å². The van der Waals surface area contributed by atoms with Crippen molar-refractivity contribution in [3.8, 4) is 0 Å². The van der Waals surface area contributed by atoms with E-state index < -0.39 is 0 Å². The summed E-state index contributed by atoms with van der Waals surface area (Å²) in [5.74, 6) is 0. The van der Waals surface area contributed by atoms with Crippen LogP contribution in [0.4, 0.5) is 0 Å². The average molecular weight is 164 g/mol. The lowest BCUT2D eigenvalue weighted by molar-refractivity contribution is 0.0667. The fourth-order valence-corrected chi connectivity index (χ4v) is 1.70. The summed E-state index contributed by atoms with van der Waals surface area (Å²) in [6.07, 6.45) is 3.66. The molecule has 2 rings (SSSR count). The second kappa shape index (κ2) is 2.68. The van der Waals surface area contributed by atoms with Crippen molar-refractivity contribution in [1.82, 2.24) is 5.32 Å². The molecular formula is C7H14ClNO. The molecule has 2 nitrogen and oxygen atoms in total. The smallest absolute Gasteiger partial charge is 0.0721 e. The van der Waals surface area contributed by atoms with Gasteiger partial charge in [-0.05, 0) is 31.2 Å². The van der Waals surface area contributed by atoms with Crippen LogP contribution in [0.3, 0.4) is 0 Å². The average Bonchev–Trinajstić information content (AvgIpc) is 2.60. The number of hydrogen-bond acceptors (Lipinski definition) is 2. The van der Waals surface area contributed by atoms with E-state index >= 15 is 0 Å². The first-order chi connectivity index (χ1) is 4.33. The highest BCUT2D eigenvalue weighted by atomic mass is 35.5. The summed E-state index contributed by atoms with van der Waals surface area (Å²) >= 11 is 0. The third kappa shape index (κ3) is 1.16. The van der Waals surface area contributed by atoms with Gasteiger partial charge in [0.05, 0.1) is 6.10 Å². The third-order valence-corrected chi connectivity index (χ3v) is 2.74. The lowest BCUT2D eigenvalue weighted by Gasteiger charge is -2.27. The minimum absolute atomic E-state index is 0. The summed E-state index contributed by atoms with van der Waals surface area (Å²) in [5, 5.41) is 12.6. The van der Waals surface area contributed by atoms with Crippen molar-refractivity contribution in [3.63, 3.8) is 0 Å². The number of nitrogens with one attached hydrogen (secondary N) is 1. The first kappa shape index (κ1) is 8.31. The number of rotatable bonds is 0. The molecule has 1 aliphatic carbocycles. The lowest BCUT2D eigenvalue weighted by atomic mass is 9.92. The Bertz CT molecular complexity index is 125. The topological polar surface area (TPSA) is 32.3 Å². The van der Waals surface area contributed by atoms with Crippen molar-refractivity contribution in [1.29, 1.82) is 0 Å². The second-order valence-electron chi connectivity index (χ2n) is 3.33. The molecule has 0 radical (unpaired) electrons. The van der Waals surface area contributed by atoms with E-state index in [1.54, 1.807) is 0 Å². The molecule has 0 bridgehead atoms. The van der Waals surface area contributed by atoms with Crippen LogP contribution in [0.25, 0.3) is 0 Å². The number of β-amino-alcohol motifs (C(OH)–C–C–N with tert-alkyl or cyclic N) is 1. The minimum Gasteiger partial charge on any atom is -0.391 e. The van der Waals surface area contributed by atoms with Crippen molar-refractivity contribution in [3.05, 3.63) is 0 Å². The molecule has 1 atom stereocenters. The van der Waals surface area contributed by atoms with Crippen molar-refractivity contribution in [2.75, 3.05) is 13.1 Å². The number of piperidine rings is 1.